The third kappa shape index (κ3) is 16.2. The van der Waals surface area contributed by atoms with Crippen LogP contribution in [0.5, 0.6) is 0 Å². The largest absolute Gasteiger partial charge is 0.480 e. The molecule has 0 radical (unpaired) electrons. The maximum Gasteiger partial charge on any atom is 0.317 e. The minimum Gasteiger partial charge on any atom is -0.480 e. The maximum absolute atomic E-state index is 12.0. The minimum atomic E-state index is -0.987. The van der Waals surface area contributed by atoms with Crippen LogP contribution in [0, 0.1) is 0 Å². The van der Waals surface area contributed by atoms with Crippen molar-refractivity contribution in [1.82, 2.24) is 19.6 Å². The number of carboxylic acids is 3. The van der Waals surface area contributed by atoms with E-state index in [4.69, 9.17) is 9.47 Å². The molecule has 0 bridgehead atoms. The second-order valence-corrected chi connectivity index (χ2v) is 8.40. The van der Waals surface area contributed by atoms with Gasteiger partial charge >= 0.3 is 17.9 Å². The van der Waals surface area contributed by atoms with Gasteiger partial charge in [-0.3, -0.25) is 38.8 Å². The fourth-order valence-corrected chi connectivity index (χ4v) is 3.56. The van der Waals surface area contributed by atoms with E-state index in [0.717, 1.165) is 0 Å². The van der Waals surface area contributed by atoms with Gasteiger partial charge in [0.2, 0.25) is 0 Å². The second kappa shape index (κ2) is 18.2. The zero-order valence-electron chi connectivity index (χ0n) is 20.6. The van der Waals surface area contributed by atoms with Crippen molar-refractivity contribution in [1.29, 1.82) is 0 Å². The van der Waals surface area contributed by atoms with Crippen molar-refractivity contribution in [2.24, 2.45) is 0 Å². The molecule has 0 aromatic rings. The number of carbonyl (C=O) groups excluding carboxylic acids is 1. The molecule has 0 atom stereocenters. The van der Waals surface area contributed by atoms with E-state index in [-0.39, 0.29) is 51.8 Å². The third-order valence-corrected chi connectivity index (χ3v) is 5.54. The number of Topliss-reactive ketones (excluding diaryl/α,β-unsaturated/α-hetero) is 1. The zero-order valence-corrected chi connectivity index (χ0v) is 20.6. The first-order valence-electron chi connectivity index (χ1n) is 11.9. The lowest BCUT2D eigenvalue weighted by Crippen LogP contribution is -2.43. The predicted molar refractivity (Wildman–Crippen MR) is 126 cm³/mol. The van der Waals surface area contributed by atoms with Crippen molar-refractivity contribution < 1.29 is 44.0 Å². The van der Waals surface area contributed by atoms with E-state index in [1.165, 1.54) is 0 Å². The molecule has 1 rings (SSSR count). The number of ether oxygens (including phenoxy) is 2. The Bertz CT molecular complexity index is 665. The van der Waals surface area contributed by atoms with E-state index in [2.05, 4.69) is 0 Å². The van der Waals surface area contributed by atoms with E-state index in [0.29, 0.717) is 65.4 Å². The summed E-state index contributed by atoms with van der Waals surface area (Å²) in [7, 11) is 0. The van der Waals surface area contributed by atoms with Crippen LogP contribution < -0.4 is 0 Å². The molecule has 3 N–H and O–H groups in total. The molecule has 0 unspecified atom stereocenters. The van der Waals surface area contributed by atoms with Gasteiger partial charge in [0.25, 0.3) is 0 Å². The van der Waals surface area contributed by atoms with Gasteiger partial charge in [-0.05, 0) is 0 Å². The van der Waals surface area contributed by atoms with Gasteiger partial charge in [-0.2, -0.15) is 0 Å². The lowest BCUT2D eigenvalue weighted by Gasteiger charge is -2.28. The molecule has 1 aliphatic rings. The molecule has 13 nitrogen and oxygen atoms in total. The first-order chi connectivity index (χ1) is 16.7. The van der Waals surface area contributed by atoms with E-state index < -0.39 is 17.9 Å². The third-order valence-electron chi connectivity index (χ3n) is 5.54. The molecule has 1 fully saturated rings. The SMILES string of the molecule is CCC(=O)CN1CCOCCN(CC(=O)O)CCN(CC(=O)O)CCOCCN(CC(=O)O)CC1. The Morgan fingerprint density at radius 3 is 1.09 bits per heavy atom. The molecule has 1 saturated heterocycles. The Labute approximate surface area is 206 Å². The van der Waals surface area contributed by atoms with Crippen LogP contribution >= 0.6 is 0 Å². The van der Waals surface area contributed by atoms with Crippen LogP contribution in [0.3, 0.4) is 0 Å². The Morgan fingerprint density at radius 1 is 0.543 bits per heavy atom. The summed E-state index contributed by atoms with van der Waals surface area (Å²) in [5, 5.41) is 27.6. The number of nitrogens with zero attached hydrogens (tertiary/aromatic N) is 4. The highest BCUT2D eigenvalue weighted by atomic mass is 16.5. The summed E-state index contributed by atoms with van der Waals surface area (Å²) in [5.74, 6) is -2.83. The van der Waals surface area contributed by atoms with Gasteiger partial charge in [-0.15, -0.1) is 0 Å². The fraction of sp³-hybridized carbons (Fsp3) is 0.818. The summed E-state index contributed by atoms with van der Waals surface area (Å²) in [6.07, 6.45) is 0.410. The normalized spacial score (nSPS) is 20.0. The molecule has 0 saturated carbocycles. The first kappa shape index (κ1) is 30.9. The van der Waals surface area contributed by atoms with Gasteiger partial charge in [-0.25, -0.2) is 0 Å². The van der Waals surface area contributed by atoms with Crippen molar-refractivity contribution in [3.05, 3.63) is 0 Å². The zero-order chi connectivity index (χ0) is 26.1. The van der Waals surface area contributed by atoms with Gasteiger partial charge < -0.3 is 24.8 Å². The molecule has 0 aromatic carbocycles. The quantitative estimate of drug-likeness (QED) is 0.332. The van der Waals surface area contributed by atoms with Crippen LogP contribution in [0.15, 0.2) is 0 Å². The highest BCUT2D eigenvalue weighted by Gasteiger charge is 2.17. The van der Waals surface area contributed by atoms with Crippen molar-refractivity contribution in [2.75, 3.05) is 105 Å². The molecule has 35 heavy (non-hydrogen) atoms. The molecule has 0 spiro atoms. The Kier molecular flexibility index (Phi) is 16.0. The average Bonchev–Trinajstić information content (AvgIpc) is 2.77. The van der Waals surface area contributed by atoms with Crippen molar-refractivity contribution >= 4 is 23.7 Å². The number of ketones is 1. The van der Waals surface area contributed by atoms with Crippen LogP contribution in [-0.2, 0) is 28.7 Å². The summed E-state index contributed by atoms with van der Waals surface area (Å²) in [4.78, 5) is 52.8. The smallest absolute Gasteiger partial charge is 0.317 e. The standard InChI is InChI=1S/C22H40N4O9/c1-2-19(27)15-23-3-4-24(16-20(28)29)8-13-35-14-10-26(18-22(32)33)6-5-25(17-21(30)31)9-12-34-11-7-23/h2-18H2,1H3,(H,28,29)(H,30,31)(H,32,33). The summed E-state index contributed by atoms with van der Waals surface area (Å²) in [5.41, 5.74) is 0. The minimum absolute atomic E-state index is 0.0822. The topological polar surface area (TPSA) is 160 Å². The molecule has 0 amide bonds. The lowest BCUT2D eigenvalue weighted by molar-refractivity contribution is -0.140. The van der Waals surface area contributed by atoms with E-state index >= 15 is 0 Å². The first-order valence-corrected chi connectivity index (χ1v) is 11.9. The van der Waals surface area contributed by atoms with Crippen LogP contribution in [0.1, 0.15) is 13.3 Å². The van der Waals surface area contributed by atoms with Gasteiger partial charge in [0.15, 0.2) is 0 Å². The number of carboxylic acid groups (broad SMARTS) is 3. The number of aliphatic carboxylic acids is 3. The van der Waals surface area contributed by atoms with Crippen LogP contribution in [0.4, 0.5) is 0 Å². The Balaban J connectivity index is 2.84. The number of hydrogen-bond acceptors (Lipinski definition) is 10. The van der Waals surface area contributed by atoms with Crippen LogP contribution in [0.25, 0.3) is 0 Å². The van der Waals surface area contributed by atoms with Crippen molar-refractivity contribution in [3.63, 3.8) is 0 Å². The Hall–Kier alpha value is -2.16. The van der Waals surface area contributed by atoms with Crippen LogP contribution in [0.2, 0.25) is 0 Å². The molecule has 0 aliphatic carbocycles. The highest BCUT2D eigenvalue weighted by Crippen LogP contribution is 1.99. The highest BCUT2D eigenvalue weighted by molar-refractivity contribution is 5.80. The summed E-state index contributed by atoms with van der Waals surface area (Å²) >= 11 is 0. The summed E-state index contributed by atoms with van der Waals surface area (Å²) < 4.78 is 11.3. The number of carbonyl (C=O) groups is 4. The van der Waals surface area contributed by atoms with Gasteiger partial charge in [0.05, 0.1) is 52.6 Å². The maximum atomic E-state index is 12.0. The number of rotatable bonds is 9. The molecule has 13 heteroatoms. The van der Waals surface area contributed by atoms with E-state index in [1.807, 2.05) is 4.90 Å². The van der Waals surface area contributed by atoms with E-state index in [9.17, 15) is 34.5 Å². The van der Waals surface area contributed by atoms with Gasteiger partial charge in [0.1, 0.15) is 5.78 Å². The Morgan fingerprint density at radius 2 is 0.829 bits per heavy atom. The van der Waals surface area contributed by atoms with Gasteiger partial charge in [0, 0.05) is 58.8 Å². The average molecular weight is 505 g/mol. The summed E-state index contributed by atoms with van der Waals surface area (Å²) in [6, 6.07) is 0. The summed E-state index contributed by atoms with van der Waals surface area (Å²) in [6.45, 7) is 5.86. The molecule has 1 aliphatic heterocycles. The molecule has 1 heterocycles. The molecule has 0 aromatic heterocycles. The predicted octanol–water partition coefficient (Wildman–Crippen LogP) is -1.53. The second-order valence-electron chi connectivity index (χ2n) is 8.40. The molecular weight excluding hydrogens is 464 g/mol. The van der Waals surface area contributed by atoms with E-state index in [1.54, 1.807) is 21.6 Å². The molecule has 202 valence electrons. The van der Waals surface area contributed by atoms with Crippen molar-refractivity contribution in [2.45, 2.75) is 13.3 Å². The van der Waals surface area contributed by atoms with Gasteiger partial charge in [-0.1, -0.05) is 6.92 Å². The monoisotopic (exact) mass is 504 g/mol. The number of hydrogen-bond donors (Lipinski definition) is 3. The lowest BCUT2D eigenvalue weighted by atomic mass is 10.3. The fourth-order valence-electron chi connectivity index (χ4n) is 3.56. The molecular formula is C22H40N4O9. The van der Waals surface area contributed by atoms with Crippen molar-refractivity contribution in [3.8, 4) is 0 Å². The van der Waals surface area contributed by atoms with Crippen LogP contribution in [-0.4, -0.2) is 164 Å².